The van der Waals surface area contributed by atoms with Crippen molar-refractivity contribution in [3.63, 3.8) is 0 Å². The van der Waals surface area contributed by atoms with Gasteiger partial charge in [0.2, 0.25) is 0 Å². The molecule has 1 aliphatic heterocycles. The van der Waals surface area contributed by atoms with Crippen LogP contribution in [0.15, 0.2) is 60.7 Å². The molecule has 0 spiro atoms. The van der Waals surface area contributed by atoms with Gasteiger partial charge in [-0.25, -0.2) is 4.79 Å². The number of benzene rings is 2. The standard InChI is InChI=1S/C19H20N3O2/c1-15(23)18-14-21(17-10-6-3-7-11-17)12-13-22(18)19(24)20-16-8-4-2-5-9-16/h2-11,18H,12-14H2,1H3. The van der Waals surface area contributed by atoms with E-state index in [1.807, 2.05) is 48.5 Å². The smallest absolute Gasteiger partial charge is 0.344 e. The van der Waals surface area contributed by atoms with Gasteiger partial charge in [0, 0.05) is 25.3 Å². The van der Waals surface area contributed by atoms with E-state index in [-0.39, 0.29) is 11.8 Å². The van der Waals surface area contributed by atoms with E-state index in [1.165, 1.54) is 6.92 Å². The molecule has 3 rings (SSSR count). The summed E-state index contributed by atoms with van der Waals surface area (Å²) in [6, 6.07) is 18.2. The number of para-hydroxylation sites is 2. The van der Waals surface area contributed by atoms with Gasteiger partial charge in [0.1, 0.15) is 6.04 Å². The minimum absolute atomic E-state index is 0.0211. The Hall–Kier alpha value is -2.82. The number of hydrogen-bond acceptors (Lipinski definition) is 3. The number of ketones is 1. The molecule has 24 heavy (non-hydrogen) atoms. The average Bonchev–Trinajstić information content (AvgIpc) is 2.62. The van der Waals surface area contributed by atoms with Gasteiger partial charge in [-0.15, -0.1) is 0 Å². The normalized spacial score (nSPS) is 17.5. The van der Waals surface area contributed by atoms with Crippen molar-refractivity contribution in [2.24, 2.45) is 0 Å². The number of carbonyl (C=O) groups is 2. The molecule has 1 radical (unpaired) electrons. The monoisotopic (exact) mass is 322 g/mol. The van der Waals surface area contributed by atoms with Crippen molar-refractivity contribution in [3.05, 3.63) is 60.7 Å². The highest BCUT2D eigenvalue weighted by molar-refractivity contribution is 5.89. The number of nitrogens with zero attached hydrogens (tertiary/aromatic N) is 3. The van der Waals surface area contributed by atoms with Gasteiger partial charge in [0.05, 0.1) is 5.69 Å². The lowest BCUT2D eigenvalue weighted by atomic mass is 10.1. The van der Waals surface area contributed by atoms with Crippen LogP contribution < -0.4 is 10.2 Å². The van der Waals surface area contributed by atoms with E-state index in [2.05, 4.69) is 10.2 Å². The molecule has 1 atom stereocenters. The highest BCUT2D eigenvalue weighted by atomic mass is 16.2. The Morgan fingerprint density at radius 2 is 1.58 bits per heavy atom. The van der Waals surface area contributed by atoms with Crippen LogP contribution in [-0.4, -0.2) is 42.4 Å². The van der Waals surface area contributed by atoms with Crippen LogP contribution in [0.2, 0.25) is 0 Å². The summed E-state index contributed by atoms with van der Waals surface area (Å²) >= 11 is 0. The number of anilines is 1. The third-order valence-electron chi connectivity index (χ3n) is 4.20. The molecule has 5 heteroatoms. The molecule has 0 saturated carbocycles. The minimum atomic E-state index is -0.473. The maximum absolute atomic E-state index is 12.5. The van der Waals surface area contributed by atoms with Crippen molar-refractivity contribution < 1.29 is 9.59 Å². The van der Waals surface area contributed by atoms with Gasteiger partial charge in [-0.05, 0) is 31.2 Å². The lowest BCUT2D eigenvalue weighted by Crippen LogP contribution is -2.58. The largest absolute Gasteiger partial charge is 0.367 e. The third-order valence-corrected chi connectivity index (χ3v) is 4.20. The van der Waals surface area contributed by atoms with Crippen molar-refractivity contribution in [2.45, 2.75) is 13.0 Å². The second-order valence-electron chi connectivity index (χ2n) is 5.83. The van der Waals surface area contributed by atoms with Crippen molar-refractivity contribution in [1.29, 1.82) is 0 Å². The van der Waals surface area contributed by atoms with Crippen LogP contribution in [0, 0.1) is 0 Å². The van der Waals surface area contributed by atoms with Crippen molar-refractivity contribution in [1.82, 2.24) is 10.2 Å². The highest BCUT2D eigenvalue weighted by Crippen LogP contribution is 2.20. The summed E-state index contributed by atoms with van der Waals surface area (Å²) in [5, 5.41) is 4.13. The number of carbonyl (C=O) groups excluding carboxylic acids is 2. The molecule has 123 valence electrons. The molecule has 0 aromatic heterocycles. The van der Waals surface area contributed by atoms with E-state index in [1.54, 1.807) is 17.0 Å². The number of urea groups is 1. The zero-order chi connectivity index (χ0) is 16.9. The average molecular weight is 322 g/mol. The fourth-order valence-electron chi connectivity index (χ4n) is 2.91. The summed E-state index contributed by atoms with van der Waals surface area (Å²) in [6.45, 7) is 3.19. The van der Waals surface area contributed by atoms with Crippen LogP contribution in [0.3, 0.4) is 0 Å². The minimum Gasteiger partial charge on any atom is -0.367 e. The predicted molar refractivity (Wildman–Crippen MR) is 93.5 cm³/mol. The Bertz CT molecular complexity index is 703. The van der Waals surface area contributed by atoms with Crippen LogP contribution in [0.5, 0.6) is 0 Å². The Morgan fingerprint density at radius 1 is 0.958 bits per heavy atom. The predicted octanol–water partition coefficient (Wildman–Crippen LogP) is 2.82. The molecule has 0 aliphatic carbocycles. The van der Waals surface area contributed by atoms with Gasteiger partial charge in [0.25, 0.3) is 0 Å². The Balaban J connectivity index is 1.72. The number of Topliss-reactive ketones (excluding diaryl/α,β-unsaturated/α-hetero) is 1. The van der Waals surface area contributed by atoms with Crippen LogP contribution in [0.25, 0.3) is 0 Å². The van der Waals surface area contributed by atoms with E-state index in [9.17, 15) is 9.59 Å². The molecule has 1 fully saturated rings. The van der Waals surface area contributed by atoms with Gasteiger partial charge in [-0.1, -0.05) is 36.4 Å². The molecule has 1 aliphatic rings. The fraction of sp³-hybridized carbons (Fsp3) is 0.263. The first-order valence-electron chi connectivity index (χ1n) is 8.03. The number of rotatable bonds is 3. The molecule has 0 N–H and O–H groups in total. The van der Waals surface area contributed by atoms with Crippen LogP contribution in [0.4, 0.5) is 16.2 Å². The van der Waals surface area contributed by atoms with Crippen molar-refractivity contribution in [3.8, 4) is 0 Å². The summed E-state index contributed by atoms with van der Waals surface area (Å²) in [7, 11) is 0. The first-order chi connectivity index (χ1) is 11.6. The maximum atomic E-state index is 12.5. The second kappa shape index (κ2) is 7.17. The quantitative estimate of drug-likeness (QED) is 0.873. The Labute approximate surface area is 141 Å². The number of hydrogen-bond donors (Lipinski definition) is 0. The van der Waals surface area contributed by atoms with E-state index in [0.717, 1.165) is 5.69 Å². The van der Waals surface area contributed by atoms with Gasteiger partial charge >= 0.3 is 6.03 Å². The zero-order valence-corrected chi connectivity index (χ0v) is 13.6. The highest BCUT2D eigenvalue weighted by Gasteiger charge is 2.34. The van der Waals surface area contributed by atoms with Crippen LogP contribution in [0.1, 0.15) is 6.92 Å². The van der Waals surface area contributed by atoms with E-state index < -0.39 is 6.04 Å². The van der Waals surface area contributed by atoms with Crippen molar-refractivity contribution in [2.75, 3.05) is 24.5 Å². The van der Waals surface area contributed by atoms with E-state index >= 15 is 0 Å². The molecule has 0 bridgehead atoms. The lowest BCUT2D eigenvalue weighted by Gasteiger charge is -2.40. The molecular weight excluding hydrogens is 302 g/mol. The molecule has 1 saturated heterocycles. The summed E-state index contributed by atoms with van der Waals surface area (Å²) in [5.74, 6) is -0.0211. The summed E-state index contributed by atoms with van der Waals surface area (Å²) < 4.78 is 0. The molecule has 2 aromatic carbocycles. The first kappa shape index (κ1) is 16.1. The molecular formula is C19H20N3O2. The second-order valence-corrected chi connectivity index (χ2v) is 5.83. The SMILES string of the molecule is CC(=O)C1CN(c2ccccc2)CCN1C(=O)[N]c1ccccc1. The van der Waals surface area contributed by atoms with Crippen molar-refractivity contribution >= 4 is 23.2 Å². The van der Waals surface area contributed by atoms with Gasteiger partial charge in [0.15, 0.2) is 5.78 Å². The summed E-state index contributed by atoms with van der Waals surface area (Å²) in [5.41, 5.74) is 1.67. The summed E-state index contributed by atoms with van der Waals surface area (Å²) in [4.78, 5) is 28.3. The fourth-order valence-corrected chi connectivity index (χ4v) is 2.91. The topological polar surface area (TPSA) is 54.7 Å². The Kier molecular flexibility index (Phi) is 4.79. The first-order valence-corrected chi connectivity index (χ1v) is 8.03. The van der Waals surface area contributed by atoms with Crippen LogP contribution >= 0.6 is 0 Å². The Morgan fingerprint density at radius 3 is 2.21 bits per heavy atom. The molecule has 5 nitrogen and oxygen atoms in total. The van der Waals surface area contributed by atoms with Gasteiger partial charge < -0.3 is 9.80 Å². The third kappa shape index (κ3) is 3.56. The molecule has 2 amide bonds. The van der Waals surface area contributed by atoms with E-state index in [0.29, 0.717) is 25.3 Å². The molecule has 2 aromatic rings. The molecule has 1 heterocycles. The maximum Gasteiger partial charge on any atom is 0.344 e. The molecule has 1 unspecified atom stereocenters. The van der Waals surface area contributed by atoms with E-state index in [4.69, 9.17) is 0 Å². The lowest BCUT2D eigenvalue weighted by molar-refractivity contribution is -0.121. The van der Waals surface area contributed by atoms with Crippen LogP contribution in [-0.2, 0) is 4.79 Å². The number of amides is 2. The van der Waals surface area contributed by atoms with Gasteiger partial charge in [-0.2, -0.15) is 5.32 Å². The zero-order valence-electron chi connectivity index (χ0n) is 13.6. The van der Waals surface area contributed by atoms with Gasteiger partial charge in [-0.3, -0.25) is 4.79 Å². The number of piperazine rings is 1. The summed E-state index contributed by atoms with van der Waals surface area (Å²) in [6.07, 6.45) is 0.